The number of hydrogen-bond donors (Lipinski definition) is 1. The normalized spacial score (nSPS) is 10.6. The van der Waals surface area contributed by atoms with Crippen molar-refractivity contribution in [2.45, 2.75) is 13.5 Å². The van der Waals surface area contributed by atoms with Crippen LogP contribution in [0, 0.1) is 6.92 Å². The van der Waals surface area contributed by atoms with Crippen molar-refractivity contribution in [3.05, 3.63) is 35.7 Å². The molecular weight excluding hydrogens is 164 g/mol. The molecule has 0 bridgehead atoms. The molecule has 0 saturated heterocycles. The number of rotatable bonds is 1. The summed E-state index contributed by atoms with van der Waals surface area (Å²) in [5.74, 6) is 0. The van der Waals surface area contributed by atoms with Crippen LogP contribution in [0.1, 0.15) is 11.4 Å². The number of aliphatic hydroxyl groups excluding tert-OH is 1. The molecule has 0 saturated carbocycles. The summed E-state index contributed by atoms with van der Waals surface area (Å²) in [5.41, 5.74) is 3.15. The molecule has 0 amide bonds. The highest BCUT2D eigenvalue weighted by molar-refractivity contribution is 5.74. The number of aryl methyl sites for hydroxylation is 1. The molecule has 1 aromatic heterocycles. The Labute approximate surface area is 76.1 Å². The Balaban J connectivity index is 2.74. The molecule has 2 rings (SSSR count). The van der Waals surface area contributed by atoms with Crippen LogP contribution in [0.3, 0.4) is 0 Å². The van der Waals surface area contributed by atoms with Gasteiger partial charge in [0.15, 0.2) is 0 Å². The first-order valence-corrected chi connectivity index (χ1v) is 4.14. The number of aliphatic hydroxyl groups is 1. The topological polar surface area (TPSA) is 46.0 Å². The highest BCUT2D eigenvalue weighted by Crippen LogP contribution is 2.11. The summed E-state index contributed by atoms with van der Waals surface area (Å²) in [6.45, 7) is 1.80. The molecule has 0 fully saturated rings. The molecule has 0 atom stereocenters. The van der Waals surface area contributed by atoms with Gasteiger partial charge in [-0.3, -0.25) is 0 Å². The number of hydrogen-bond acceptors (Lipinski definition) is 3. The Morgan fingerprint density at radius 2 is 1.77 bits per heavy atom. The molecule has 1 N–H and O–H groups in total. The van der Waals surface area contributed by atoms with Crippen LogP contribution < -0.4 is 0 Å². The zero-order valence-corrected chi connectivity index (χ0v) is 7.36. The lowest BCUT2D eigenvalue weighted by molar-refractivity contribution is 0.276. The average molecular weight is 174 g/mol. The Morgan fingerprint density at radius 3 is 2.38 bits per heavy atom. The van der Waals surface area contributed by atoms with E-state index in [-0.39, 0.29) is 6.61 Å². The molecule has 0 aliphatic heterocycles. The van der Waals surface area contributed by atoms with E-state index in [1.54, 1.807) is 0 Å². The Morgan fingerprint density at radius 1 is 1.15 bits per heavy atom. The van der Waals surface area contributed by atoms with Crippen molar-refractivity contribution in [1.82, 2.24) is 9.97 Å². The molecule has 2 aromatic rings. The molecule has 0 aliphatic carbocycles. The SMILES string of the molecule is Cc1nc2ccccc2nc1CO. The van der Waals surface area contributed by atoms with Gasteiger partial charge in [-0.15, -0.1) is 0 Å². The predicted molar refractivity (Wildman–Crippen MR) is 50.2 cm³/mol. The van der Waals surface area contributed by atoms with Gasteiger partial charge in [0.2, 0.25) is 0 Å². The second-order valence-corrected chi connectivity index (χ2v) is 2.90. The zero-order valence-electron chi connectivity index (χ0n) is 7.36. The zero-order chi connectivity index (χ0) is 9.26. The van der Waals surface area contributed by atoms with Crippen molar-refractivity contribution in [2.75, 3.05) is 0 Å². The van der Waals surface area contributed by atoms with Crippen LogP contribution >= 0.6 is 0 Å². The van der Waals surface area contributed by atoms with E-state index < -0.39 is 0 Å². The van der Waals surface area contributed by atoms with Crippen LogP contribution in [-0.4, -0.2) is 15.1 Å². The van der Waals surface area contributed by atoms with Crippen LogP contribution in [0.15, 0.2) is 24.3 Å². The maximum atomic E-state index is 8.98. The third-order valence-electron chi connectivity index (χ3n) is 1.99. The van der Waals surface area contributed by atoms with Gasteiger partial charge in [-0.25, -0.2) is 9.97 Å². The second-order valence-electron chi connectivity index (χ2n) is 2.90. The minimum Gasteiger partial charge on any atom is -0.390 e. The third-order valence-corrected chi connectivity index (χ3v) is 1.99. The van der Waals surface area contributed by atoms with Crippen molar-refractivity contribution < 1.29 is 5.11 Å². The summed E-state index contributed by atoms with van der Waals surface area (Å²) >= 11 is 0. The number of benzene rings is 1. The summed E-state index contributed by atoms with van der Waals surface area (Å²) in [7, 11) is 0. The van der Waals surface area contributed by atoms with Gasteiger partial charge in [-0.1, -0.05) is 12.1 Å². The summed E-state index contributed by atoms with van der Waals surface area (Å²) < 4.78 is 0. The fourth-order valence-electron chi connectivity index (χ4n) is 1.27. The van der Waals surface area contributed by atoms with Crippen LogP contribution in [0.5, 0.6) is 0 Å². The van der Waals surface area contributed by atoms with E-state index in [1.165, 1.54) is 0 Å². The first kappa shape index (κ1) is 8.13. The van der Waals surface area contributed by atoms with Gasteiger partial charge in [-0.2, -0.15) is 0 Å². The minimum absolute atomic E-state index is 0.0519. The first-order valence-electron chi connectivity index (χ1n) is 4.14. The van der Waals surface area contributed by atoms with Gasteiger partial charge in [-0.05, 0) is 19.1 Å². The molecule has 13 heavy (non-hydrogen) atoms. The predicted octanol–water partition coefficient (Wildman–Crippen LogP) is 1.43. The van der Waals surface area contributed by atoms with Crippen molar-refractivity contribution in [3.8, 4) is 0 Å². The largest absolute Gasteiger partial charge is 0.390 e. The lowest BCUT2D eigenvalue weighted by Gasteiger charge is -2.02. The molecular formula is C10H10N2O. The summed E-state index contributed by atoms with van der Waals surface area (Å²) in [5, 5.41) is 8.98. The molecule has 0 spiro atoms. The Bertz CT molecular complexity index is 440. The maximum absolute atomic E-state index is 8.98. The van der Waals surface area contributed by atoms with E-state index in [1.807, 2.05) is 31.2 Å². The van der Waals surface area contributed by atoms with Crippen LogP contribution in [0.2, 0.25) is 0 Å². The lowest BCUT2D eigenvalue weighted by Crippen LogP contribution is -1.97. The maximum Gasteiger partial charge on any atom is 0.0891 e. The second kappa shape index (κ2) is 3.11. The Kier molecular flexibility index (Phi) is 1.94. The minimum atomic E-state index is -0.0519. The molecule has 3 heteroatoms. The van der Waals surface area contributed by atoms with E-state index >= 15 is 0 Å². The standard InChI is InChI=1S/C10H10N2O/c1-7-10(6-13)12-9-5-3-2-4-8(9)11-7/h2-5,13H,6H2,1H3. The lowest BCUT2D eigenvalue weighted by atomic mass is 10.2. The molecule has 0 unspecified atom stereocenters. The fraction of sp³-hybridized carbons (Fsp3) is 0.200. The van der Waals surface area contributed by atoms with E-state index in [2.05, 4.69) is 9.97 Å². The molecule has 3 nitrogen and oxygen atoms in total. The molecule has 0 radical (unpaired) electrons. The van der Waals surface area contributed by atoms with Crippen molar-refractivity contribution in [1.29, 1.82) is 0 Å². The Hall–Kier alpha value is -1.48. The number of aromatic nitrogens is 2. The summed E-state index contributed by atoms with van der Waals surface area (Å²) in [6, 6.07) is 7.64. The summed E-state index contributed by atoms with van der Waals surface area (Å²) in [6.07, 6.45) is 0. The van der Waals surface area contributed by atoms with Gasteiger partial charge in [0, 0.05) is 0 Å². The third kappa shape index (κ3) is 1.38. The van der Waals surface area contributed by atoms with Crippen molar-refractivity contribution >= 4 is 11.0 Å². The van der Waals surface area contributed by atoms with Crippen molar-refractivity contribution in [2.24, 2.45) is 0 Å². The van der Waals surface area contributed by atoms with E-state index in [4.69, 9.17) is 5.11 Å². The number of fused-ring (bicyclic) bond motifs is 1. The van der Waals surface area contributed by atoms with E-state index in [0.717, 1.165) is 16.7 Å². The monoisotopic (exact) mass is 174 g/mol. The smallest absolute Gasteiger partial charge is 0.0891 e. The number of nitrogens with zero attached hydrogens (tertiary/aromatic N) is 2. The van der Waals surface area contributed by atoms with Gasteiger partial charge in [0.1, 0.15) is 0 Å². The van der Waals surface area contributed by atoms with Crippen LogP contribution in [-0.2, 0) is 6.61 Å². The molecule has 66 valence electrons. The molecule has 1 heterocycles. The van der Waals surface area contributed by atoms with Gasteiger partial charge < -0.3 is 5.11 Å². The highest BCUT2D eigenvalue weighted by atomic mass is 16.3. The molecule has 1 aromatic carbocycles. The quantitative estimate of drug-likeness (QED) is 0.711. The highest BCUT2D eigenvalue weighted by Gasteiger charge is 2.02. The van der Waals surface area contributed by atoms with Gasteiger partial charge >= 0.3 is 0 Å². The van der Waals surface area contributed by atoms with Gasteiger partial charge in [0.25, 0.3) is 0 Å². The number of para-hydroxylation sites is 2. The van der Waals surface area contributed by atoms with E-state index in [9.17, 15) is 0 Å². The van der Waals surface area contributed by atoms with Crippen molar-refractivity contribution in [3.63, 3.8) is 0 Å². The average Bonchev–Trinajstić information content (AvgIpc) is 2.17. The fourth-order valence-corrected chi connectivity index (χ4v) is 1.27. The van der Waals surface area contributed by atoms with E-state index in [0.29, 0.717) is 5.69 Å². The summed E-state index contributed by atoms with van der Waals surface area (Å²) in [4.78, 5) is 8.60. The molecule has 0 aliphatic rings. The van der Waals surface area contributed by atoms with Crippen LogP contribution in [0.25, 0.3) is 11.0 Å². The van der Waals surface area contributed by atoms with Crippen LogP contribution in [0.4, 0.5) is 0 Å². The first-order chi connectivity index (χ1) is 6.31. The van der Waals surface area contributed by atoms with Gasteiger partial charge in [0.05, 0.1) is 29.0 Å².